The molecule has 0 unspecified atom stereocenters. The van der Waals surface area contributed by atoms with Crippen molar-refractivity contribution in [2.75, 3.05) is 57.9 Å². The number of ether oxygens (including phenoxy) is 1. The molecule has 0 aromatic heterocycles. The Hall–Kier alpha value is -1.46. The third kappa shape index (κ3) is 5.56. The lowest BCUT2D eigenvalue weighted by molar-refractivity contribution is 0.143. The van der Waals surface area contributed by atoms with Crippen molar-refractivity contribution in [1.82, 2.24) is 10.2 Å². The van der Waals surface area contributed by atoms with Crippen LogP contribution in [0.4, 0.5) is 5.69 Å². The zero-order valence-corrected chi connectivity index (χ0v) is 15.6. The summed E-state index contributed by atoms with van der Waals surface area (Å²) in [6, 6.07) is 8.05. The minimum Gasteiger partial charge on any atom is -0.382 e. The van der Waals surface area contributed by atoms with Gasteiger partial charge in [-0.1, -0.05) is 23.7 Å². The summed E-state index contributed by atoms with van der Waals surface area (Å²) in [7, 11) is 1.85. The molecule has 1 N–H and O–H groups in total. The van der Waals surface area contributed by atoms with Crippen LogP contribution in [0.5, 0.6) is 0 Å². The molecule has 0 bridgehead atoms. The molecule has 1 aromatic carbocycles. The Balaban J connectivity index is 1.75. The number of para-hydroxylation sites is 1. The first-order valence-electron chi connectivity index (χ1n) is 8.79. The van der Waals surface area contributed by atoms with Crippen LogP contribution in [0.3, 0.4) is 0 Å². The second-order valence-corrected chi connectivity index (χ2v) is 6.21. The molecule has 1 saturated heterocycles. The molecule has 6 heteroatoms. The smallest absolute Gasteiger partial charge is 0.193 e. The minimum absolute atomic E-state index is 0.796. The summed E-state index contributed by atoms with van der Waals surface area (Å²) in [5, 5.41) is 4.28. The van der Waals surface area contributed by atoms with Crippen molar-refractivity contribution in [3.63, 3.8) is 0 Å². The monoisotopic (exact) mass is 352 g/mol. The molecule has 0 radical (unpaired) electrons. The Bertz CT molecular complexity index is 515. The van der Waals surface area contributed by atoms with Gasteiger partial charge in [0.1, 0.15) is 0 Å². The number of nitrogens with one attached hydrogen (secondary N) is 1. The Kier molecular flexibility index (Phi) is 8.19. The van der Waals surface area contributed by atoms with Crippen molar-refractivity contribution in [3.8, 4) is 0 Å². The van der Waals surface area contributed by atoms with Gasteiger partial charge in [-0.25, -0.2) is 0 Å². The number of unbranched alkanes of at least 4 members (excludes halogenated alkanes) is 1. The van der Waals surface area contributed by atoms with E-state index < -0.39 is 0 Å². The number of aliphatic imine (C=N–C) groups is 1. The number of hydrogen-bond acceptors (Lipinski definition) is 3. The first-order chi connectivity index (χ1) is 11.8. The molecular weight excluding hydrogens is 324 g/mol. The maximum absolute atomic E-state index is 6.30. The van der Waals surface area contributed by atoms with Gasteiger partial charge in [0.05, 0.1) is 10.7 Å². The lowest BCUT2D eigenvalue weighted by Gasteiger charge is -2.38. The summed E-state index contributed by atoms with van der Waals surface area (Å²) in [6.07, 6.45) is 2.18. The third-order valence-electron chi connectivity index (χ3n) is 4.19. The van der Waals surface area contributed by atoms with Crippen LogP contribution in [-0.2, 0) is 4.74 Å². The predicted molar refractivity (Wildman–Crippen MR) is 102 cm³/mol. The van der Waals surface area contributed by atoms with Crippen molar-refractivity contribution in [2.24, 2.45) is 4.99 Å². The van der Waals surface area contributed by atoms with Crippen LogP contribution in [0.2, 0.25) is 5.02 Å². The van der Waals surface area contributed by atoms with E-state index in [0.29, 0.717) is 0 Å². The quantitative estimate of drug-likeness (QED) is 0.465. The van der Waals surface area contributed by atoms with Crippen LogP contribution in [0.15, 0.2) is 29.3 Å². The van der Waals surface area contributed by atoms with E-state index in [1.807, 2.05) is 32.2 Å². The van der Waals surface area contributed by atoms with Crippen LogP contribution in [0.25, 0.3) is 0 Å². The highest BCUT2D eigenvalue weighted by molar-refractivity contribution is 6.33. The van der Waals surface area contributed by atoms with Gasteiger partial charge in [0.2, 0.25) is 0 Å². The molecule has 0 spiro atoms. The van der Waals surface area contributed by atoms with Gasteiger partial charge in [0.25, 0.3) is 0 Å². The van der Waals surface area contributed by atoms with Gasteiger partial charge in [0, 0.05) is 53.0 Å². The normalized spacial score (nSPS) is 15.7. The van der Waals surface area contributed by atoms with Crippen molar-refractivity contribution < 1.29 is 4.74 Å². The molecule has 0 aliphatic carbocycles. The number of hydrogen-bond donors (Lipinski definition) is 1. The largest absolute Gasteiger partial charge is 0.382 e. The molecular formula is C18H29ClN4O. The second kappa shape index (κ2) is 10.4. The highest BCUT2D eigenvalue weighted by Gasteiger charge is 2.20. The fourth-order valence-corrected chi connectivity index (χ4v) is 3.13. The summed E-state index contributed by atoms with van der Waals surface area (Å²) in [4.78, 5) is 9.07. The first-order valence-corrected chi connectivity index (χ1v) is 9.17. The lowest BCUT2D eigenvalue weighted by Crippen LogP contribution is -2.52. The van der Waals surface area contributed by atoms with Crippen molar-refractivity contribution in [1.29, 1.82) is 0 Å². The Morgan fingerprint density at radius 3 is 2.62 bits per heavy atom. The Labute approximate surface area is 150 Å². The summed E-state index contributed by atoms with van der Waals surface area (Å²) in [5.41, 5.74) is 1.12. The van der Waals surface area contributed by atoms with Gasteiger partial charge < -0.3 is 19.9 Å². The fraction of sp³-hybridized carbons (Fsp3) is 0.611. The maximum Gasteiger partial charge on any atom is 0.193 e. The number of piperazine rings is 1. The van der Waals surface area contributed by atoms with Crippen LogP contribution in [-0.4, -0.2) is 63.8 Å². The average Bonchev–Trinajstić information content (AvgIpc) is 2.62. The summed E-state index contributed by atoms with van der Waals surface area (Å²) < 4.78 is 5.36. The van der Waals surface area contributed by atoms with E-state index >= 15 is 0 Å². The summed E-state index contributed by atoms with van der Waals surface area (Å²) >= 11 is 6.30. The standard InChI is InChI=1S/C18H29ClN4O/c1-3-24-15-7-6-10-21-18(20-2)23-13-11-22(12-14-23)17-9-5-4-8-16(17)19/h4-5,8-9H,3,6-7,10-15H2,1-2H3,(H,20,21). The van der Waals surface area contributed by atoms with E-state index in [1.165, 1.54) is 0 Å². The van der Waals surface area contributed by atoms with E-state index in [1.54, 1.807) is 0 Å². The minimum atomic E-state index is 0.796. The number of benzene rings is 1. The zero-order valence-electron chi connectivity index (χ0n) is 14.8. The SMILES string of the molecule is CCOCCCCNC(=NC)N1CCN(c2ccccc2Cl)CC1. The fourth-order valence-electron chi connectivity index (χ4n) is 2.87. The highest BCUT2D eigenvalue weighted by atomic mass is 35.5. The number of nitrogens with zero attached hydrogens (tertiary/aromatic N) is 3. The molecule has 0 amide bonds. The van der Waals surface area contributed by atoms with E-state index in [4.69, 9.17) is 16.3 Å². The maximum atomic E-state index is 6.30. The number of guanidine groups is 1. The van der Waals surface area contributed by atoms with Crippen LogP contribution < -0.4 is 10.2 Å². The lowest BCUT2D eigenvalue weighted by atomic mass is 10.2. The van der Waals surface area contributed by atoms with E-state index in [2.05, 4.69) is 26.2 Å². The number of rotatable bonds is 7. The molecule has 1 heterocycles. The van der Waals surface area contributed by atoms with Crippen molar-refractivity contribution in [3.05, 3.63) is 29.3 Å². The van der Waals surface area contributed by atoms with E-state index in [-0.39, 0.29) is 0 Å². The number of halogens is 1. The molecule has 24 heavy (non-hydrogen) atoms. The number of anilines is 1. The van der Waals surface area contributed by atoms with Gasteiger partial charge >= 0.3 is 0 Å². The highest BCUT2D eigenvalue weighted by Crippen LogP contribution is 2.25. The summed E-state index contributed by atoms with van der Waals surface area (Å²) in [6.45, 7) is 8.40. The van der Waals surface area contributed by atoms with Gasteiger partial charge in [-0.05, 0) is 31.9 Å². The van der Waals surface area contributed by atoms with Gasteiger partial charge in [0.15, 0.2) is 5.96 Å². The molecule has 1 aromatic rings. The first kappa shape index (κ1) is 18.9. The van der Waals surface area contributed by atoms with Crippen LogP contribution >= 0.6 is 11.6 Å². The molecule has 1 fully saturated rings. The third-order valence-corrected chi connectivity index (χ3v) is 4.51. The zero-order chi connectivity index (χ0) is 17.2. The average molecular weight is 353 g/mol. The van der Waals surface area contributed by atoms with Gasteiger partial charge in [-0.15, -0.1) is 0 Å². The molecule has 2 rings (SSSR count). The Morgan fingerprint density at radius 1 is 1.21 bits per heavy atom. The molecule has 1 aliphatic rings. The van der Waals surface area contributed by atoms with E-state index in [9.17, 15) is 0 Å². The molecule has 5 nitrogen and oxygen atoms in total. The second-order valence-electron chi connectivity index (χ2n) is 5.80. The Morgan fingerprint density at radius 2 is 1.96 bits per heavy atom. The van der Waals surface area contributed by atoms with Crippen LogP contribution in [0.1, 0.15) is 19.8 Å². The van der Waals surface area contributed by atoms with Crippen molar-refractivity contribution in [2.45, 2.75) is 19.8 Å². The van der Waals surface area contributed by atoms with Crippen molar-refractivity contribution >= 4 is 23.2 Å². The van der Waals surface area contributed by atoms with E-state index in [0.717, 1.165) is 75.4 Å². The molecule has 0 atom stereocenters. The molecule has 1 aliphatic heterocycles. The molecule has 0 saturated carbocycles. The van der Waals surface area contributed by atoms with Gasteiger partial charge in [-0.3, -0.25) is 4.99 Å². The summed E-state index contributed by atoms with van der Waals surface area (Å²) in [5.74, 6) is 0.991. The topological polar surface area (TPSA) is 40.1 Å². The predicted octanol–water partition coefficient (Wildman–Crippen LogP) is 2.85. The van der Waals surface area contributed by atoms with Crippen LogP contribution in [0, 0.1) is 0 Å². The van der Waals surface area contributed by atoms with Gasteiger partial charge in [-0.2, -0.15) is 0 Å². The molecule has 134 valence electrons.